The number of nitrogens with one attached hydrogen (secondary N) is 1. The average Bonchev–Trinajstić information content (AvgIpc) is 2.63. The van der Waals surface area contributed by atoms with Gasteiger partial charge in [0, 0.05) is 15.1 Å². The van der Waals surface area contributed by atoms with E-state index in [1.165, 1.54) is 14.2 Å². The molecule has 0 fully saturated rings. The topological polar surface area (TPSA) is 77.0 Å². The molecule has 0 aliphatic carbocycles. The Morgan fingerprint density at radius 1 is 1.23 bits per heavy atom. The summed E-state index contributed by atoms with van der Waals surface area (Å²) in [6.45, 7) is 0.00370. The standard InChI is InChI=1S/C18H19ClINO5/c1-24-15-4-3-5-16(25-2)17(15)26-10-12(22)9-21-18(23)13-7-6-11(19)8-14(13)20/h3-8,12,22H,9-10H2,1-2H3,(H,21,23). The van der Waals surface area contributed by atoms with Crippen molar-refractivity contribution in [3.8, 4) is 17.2 Å². The molecule has 1 amide bonds. The van der Waals surface area contributed by atoms with Crippen LogP contribution < -0.4 is 19.5 Å². The number of methoxy groups -OCH3 is 2. The van der Waals surface area contributed by atoms with Crippen molar-refractivity contribution in [1.82, 2.24) is 5.32 Å². The summed E-state index contributed by atoms with van der Waals surface area (Å²) in [6.07, 6.45) is -0.904. The Morgan fingerprint density at radius 3 is 2.46 bits per heavy atom. The fraction of sp³-hybridized carbons (Fsp3) is 0.278. The Balaban J connectivity index is 1.91. The number of amides is 1. The number of hydrogen-bond acceptors (Lipinski definition) is 5. The van der Waals surface area contributed by atoms with Crippen molar-refractivity contribution >= 4 is 40.1 Å². The van der Waals surface area contributed by atoms with Gasteiger partial charge in [0.2, 0.25) is 5.75 Å². The molecular formula is C18H19ClINO5. The minimum absolute atomic E-state index is 0.0330. The summed E-state index contributed by atoms with van der Waals surface area (Å²) < 4.78 is 16.8. The van der Waals surface area contributed by atoms with Gasteiger partial charge in [-0.1, -0.05) is 17.7 Å². The highest BCUT2D eigenvalue weighted by molar-refractivity contribution is 14.1. The van der Waals surface area contributed by atoms with Crippen LogP contribution in [-0.2, 0) is 0 Å². The predicted molar refractivity (Wildman–Crippen MR) is 108 cm³/mol. The second-order valence-electron chi connectivity index (χ2n) is 5.29. The lowest BCUT2D eigenvalue weighted by molar-refractivity contribution is 0.0833. The van der Waals surface area contributed by atoms with Crippen LogP contribution in [0, 0.1) is 3.57 Å². The summed E-state index contributed by atoms with van der Waals surface area (Å²) in [5.41, 5.74) is 0.495. The summed E-state index contributed by atoms with van der Waals surface area (Å²) in [6, 6.07) is 10.2. The van der Waals surface area contributed by atoms with E-state index in [0.29, 0.717) is 27.8 Å². The molecule has 140 valence electrons. The summed E-state index contributed by atoms with van der Waals surface area (Å²) >= 11 is 7.92. The van der Waals surface area contributed by atoms with E-state index in [9.17, 15) is 9.90 Å². The Bertz CT molecular complexity index is 749. The van der Waals surface area contributed by atoms with Crippen molar-refractivity contribution < 1.29 is 24.1 Å². The first-order valence-corrected chi connectivity index (χ1v) is 9.17. The Morgan fingerprint density at radius 2 is 1.88 bits per heavy atom. The van der Waals surface area contributed by atoms with Crippen molar-refractivity contribution in [2.45, 2.75) is 6.10 Å². The molecule has 0 spiro atoms. The van der Waals surface area contributed by atoms with Gasteiger partial charge < -0.3 is 24.6 Å². The molecule has 1 atom stereocenters. The maximum Gasteiger partial charge on any atom is 0.252 e. The van der Waals surface area contributed by atoms with E-state index in [-0.39, 0.29) is 19.1 Å². The van der Waals surface area contributed by atoms with Crippen LogP contribution in [0.1, 0.15) is 10.4 Å². The van der Waals surface area contributed by atoms with Crippen LogP contribution in [0.2, 0.25) is 5.02 Å². The van der Waals surface area contributed by atoms with Gasteiger partial charge >= 0.3 is 0 Å². The van der Waals surface area contributed by atoms with Gasteiger partial charge in [-0.05, 0) is 52.9 Å². The first-order chi connectivity index (χ1) is 12.5. The summed E-state index contributed by atoms with van der Waals surface area (Å²) in [7, 11) is 3.04. The minimum Gasteiger partial charge on any atom is -0.493 e. The number of carbonyl (C=O) groups is 1. The van der Waals surface area contributed by atoms with E-state index < -0.39 is 6.10 Å². The number of rotatable bonds is 8. The van der Waals surface area contributed by atoms with Crippen molar-refractivity contribution in [2.75, 3.05) is 27.4 Å². The fourth-order valence-corrected chi connectivity index (χ4v) is 3.29. The van der Waals surface area contributed by atoms with E-state index in [1.54, 1.807) is 36.4 Å². The Kier molecular flexibility index (Phi) is 7.80. The number of para-hydroxylation sites is 1. The highest BCUT2D eigenvalue weighted by Gasteiger charge is 2.15. The maximum atomic E-state index is 12.2. The van der Waals surface area contributed by atoms with E-state index >= 15 is 0 Å². The lowest BCUT2D eigenvalue weighted by Gasteiger charge is -2.17. The van der Waals surface area contributed by atoms with Gasteiger partial charge in [-0.15, -0.1) is 0 Å². The van der Waals surface area contributed by atoms with Crippen LogP contribution >= 0.6 is 34.2 Å². The van der Waals surface area contributed by atoms with E-state index in [0.717, 1.165) is 3.57 Å². The Labute approximate surface area is 170 Å². The van der Waals surface area contributed by atoms with Gasteiger partial charge in [-0.25, -0.2) is 0 Å². The molecule has 0 saturated heterocycles. The fourth-order valence-electron chi connectivity index (χ4n) is 2.18. The minimum atomic E-state index is -0.904. The number of halogens is 2. The van der Waals surface area contributed by atoms with Crippen molar-refractivity contribution in [2.24, 2.45) is 0 Å². The molecule has 0 radical (unpaired) electrons. The molecule has 0 heterocycles. The van der Waals surface area contributed by atoms with Gasteiger partial charge in [-0.2, -0.15) is 0 Å². The zero-order valence-corrected chi connectivity index (χ0v) is 17.2. The highest BCUT2D eigenvalue weighted by Crippen LogP contribution is 2.36. The van der Waals surface area contributed by atoms with E-state index in [1.807, 2.05) is 22.6 Å². The highest BCUT2D eigenvalue weighted by atomic mass is 127. The van der Waals surface area contributed by atoms with Crippen molar-refractivity contribution in [1.29, 1.82) is 0 Å². The SMILES string of the molecule is COc1cccc(OC)c1OCC(O)CNC(=O)c1ccc(Cl)cc1I. The van der Waals surface area contributed by atoms with Gasteiger partial charge in [-0.3, -0.25) is 4.79 Å². The van der Waals surface area contributed by atoms with Gasteiger partial charge in [0.15, 0.2) is 11.5 Å². The molecular weight excluding hydrogens is 473 g/mol. The van der Waals surface area contributed by atoms with Crippen LogP contribution in [0.4, 0.5) is 0 Å². The molecule has 2 aromatic rings. The molecule has 2 aromatic carbocycles. The third-order valence-corrected chi connectivity index (χ3v) is 4.60. The summed E-state index contributed by atoms with van der Waals surface area (Å²) in [4.78, 5) is 12.2. The van der Waals surface area contributed by atoms with Crippen molar-refractivity contribution in [3.63, 3.8) is 0 Å². The van der Waals surface area contributed by atoms with E-state index in [2.05, 4.69) is 5.32 Å². The normalized spacial score (nSPS) is 11.6. The lowest BCUT2D eigenvalue weighted by atomic mass is 10.2. The van der Waals surface area contributed by atoms with Gasteiger partial charge in [0.25, 0.3) is 5.91 Å². The van der Waals surface area contributed by atoms with E-state index in [4.69, 9.17) is 25.8 Å². The number of aliphatic hydroxyl groups is 1. The molecule has 2 rings (SSSR count). The number of carbonyl (C=O) groups excluding carboxylic acids is 1. The number of benzene rings is 2. The first-order valence-electron chi connectivity index (χ1n) is 7.71. The molecule has 6 nitrogen and oxygen atoms in total. The third kappa shape index (κ3) is 5.39. The van der Waals surface area contributed by atoms with Gasteiger partial charge in [0.05, 0.1) is 19.8 Å². The number of aliphatic hydroxyl groups excluding tert-OH is 1. The van der Waals surface area contributed by atoms with Gasteiger partial charge in [0.1, 0.15) is 12.7 Å². The van der Waals surface area contributed by atoms with Crippen LogP contribution in [0.25, 0.3) is 0 Å². The maximum absolute atomic E-state index is 12.2. The smallest absolute Gasteiger partial charge is 0.252 e. The molecule has 1 unspecified atom stereocenters. The Hall–Kier alpha value is -1.71. The number of ether oxygens (including phenoxy) is 3. The molecule has 0 aliphatic rings. The lowest BCUT2D eigenvalue weighted by Crippen LogP contribution is -2.35. The number of hydrogen-bond donors (Lipinski definition) is 2. The molecule has 26 heavy (non-hydrogen) atoms. The van der Waals surface area contributed by atoms with Crippen LogP contribution in [0.15, 0.2) is 36.4 Å². The summed E-state index contributed by atoms with van der Waals surface area (Å²) in [5, 5.41) is 13.3. The second kappa shape index (κ2) is 9.84. The first kappa shape index (κ1) is 20.6. The molecule has 0 aliphatic heterocycles. The zero-order valence-electron chi connectivity index (χ0n) is 14.3. The quantitative estimate of drug-likeness (QED) is 0.555. The van der Waals surface area contributed by atoms with Crippen LogP contribution in [0.3, 0.4) is 0 Å². The van der Waals surface area contributed by atoms with Crippen LogP contribution in [-0.4, -0.2) is 44.5 Å². The summed E-state index contributed by atoms with van der Waals surface area (Å²) in [5.74, 6) is 1.10. The molecule has 0 bridgehead atoms. The monoisotopic (exact) mass is 491 g/mol. The largest absolute Gasteiger partial charge is 0.493 e. The average molecular weight is 492 g/mol. The molecule has 0 saturated carbocycles. The second-order valence-corrected chi connectivity index (χ2v) is 6.89. The molecule has 2 N–H and O–H groups in total. The molecule has 0 aromatic heterocycles. The zero-order chi connectivity index (χ0) is 19.1. The predicted octanol–water partition coefficient (Wildman–Crippen LogP) is 3.13. The molecule has 8 heteroatoms. The van der Waals surface area contributed by atoms with Crippen molar-refractivity contribution in [3.05, 3.63) is 50.6 Å². The van der Waals surface area contributed by atoms with Crippen LogP contribution in [0.5, 0.6) is 17.2 Å². The third-order valence-electron chi connectivity index (χ3n) is 3.48.